The minimum absolute atomic E-state index is 0.0666. The van der Waals surface area contributed by atoms with Gasteiger partial charge in [0.2, 0.25) is 5.95 Å². The molecule has 1 unspecified atom stereocenters. The fraction of sp³-hybridized carbons (Fsp3) is 0.786. The number of aliphatic hydroxyl groups excluding tert-OH is 1. The second kappa shape index (κ2) is 17.2. The second-order valence-corrected chi connectivity index (χ2v) is 12.6. The predicted octanol–water partition coefficient (Wildman–Crippen LogP) is 4.39. The minimum atomic E-state index is -1.66. The van der Waals surface area contributed by atoms with Crippen molar-refractivity contribution in [1.82, 2.24) is 24.2 Å². The van der Waals surface area contributed by atoms with Crippen LogP contribution in [0, 0.1) is 11.3 Å². The molecule has 0 saturated carbocycles. The second-order valence-electron chi connectivity index (χ2n) is 11.1. The summed E-state index contributed by atoms with van der Waals surface area (Å²) in [5.74, 6) is -0.0666. The minimum Gasteiger partial charge on any atom is -0.386 e. The maximum Gasteiger partial charge on any atom is 0.280 e. The molecule has 1 aliphatic rings. The van der Waals surface area contributed by atoms with Crippen molar-refractivity contribution in [3.05, 3.63) is 16.7 Å². The van der Waals surface area contributed by atoms with Crippen molar-refractivity contribution in [2.45, 2.75) is 123 Å². The van der Waals surface area contributed by atoms with Crippen LogP contribution in [0.5, 0.6) is 0 Å². The maximum atomic E-state index is 12.4. The number of unbranched alkanes of at least 4 members (excludes halogenated alkanes) is 6. The van der Waals surface area contributed by atoms with Crippen LogP contribution in [0.15, 0.2) is 11.1 Å². The fourth-order valence-electron chi connectivity index (χ4n) is 5.10. The number of nitrogens with two attached hydrogens (primary N) is 1. The van der Waals surface area contributed by atoms with Gasteiger partial charge in [-0.1, -0.05) is 45.4 Å². The van der Waals surface area contributed by atoms with Gasteiger partial charge in [-0.05, 0) is 34.1 Å². The third-order valence-electron chi connectivity index (χ3n) is 7.08. The van der Waals surface area contributed by atoms with Crippen LogP contribution in [-0.4, -0.2) is 79.5 Å². The Morgan fingerprint density at radius 1 is 1.19 bits per heavy atom. The molecule has 13 nitrogen and oxygen atoms in total. The molecule has 5 atom stereocenters. The lowest BCUT2D eigenvalue weighted by Crippen LogP contribution is -2.40. The molecule has 0 bridgehead atoms. The fourth-order valence-corrected chi connectivity index (χ4v) is 6.88. The van der Waals surface area contributed by atoms with Crippen LogP contribution < -0.4 is 11.3 Å². The number of imidazole rings is 1. The zero-order chi connectivity index (χ0) is 30.6. The van der Waals surface area contributed by atoms with Gasteiger partial charge in [-0.25, -0.2) is 9.65 Å². The monoisotopic (exact) mass is 609 g/mol. The van der Waals surface area contributed by atoms with Crippen molar-refractivity contribution in [3.8, 4) is 6.07 Å². The van der Waals surface area contributed by atoms with Gasteiger partial charge in [0.1, 0.15) is 18.3 Å². The Labute approximate surface area is 249 Å². The molecule has 0 amide bonds. The van der Waals surface area contributed by atoms with Crippen LogP contribution in [0.4, 0.5) is 5.95 Å². The van der Waals surface area contributed by atoms with Crippen molar-refractivity contribution in [3.63, 3.8) is 0 Å². The van der Waals surface area contributed by atoms with Crippen LogP contribution in [0.1, 0.15) is 92.2 Å². The lowest BCUT2D eigenvalue weighted by molar-refractivity contribution is -0.0648. The van der Waals surface area contributed by atoms with Crippen LogP contribution in [0.3, 0.4) is 0 Å². The number of hydrogen-bond donors (Lipinski definition) is 3. The molecule has 0 spiro atoms. The highest BCUT2D eigenvalue weighted by molar-refractivity contribution is 7.44. The van der Waals surface area contributed by atoms with Crippen LogP contribution in [0.25, 0.3) is 11.2 Å². The standard InChI is InChI=1S/C28H48N7O6P/c1-6-7-8-9-10-11-12-15-38-17-21-24(41-42(39-16-13-14-29)35(19(2)3)20(4)5)23(36)27(40-21)34-18-31-22-25(34)32-28(30)33-26(22)37/h18-21,23-24,27,36H,6-13,15-17H2,1-5H3,(H3,30,32,33,37)/t21-,23-,24-,27-,42?/m1/s1. The highest BCUT2D eigenvalue weighted by Gasteiger charge is 2.48. The number of nitrogens with zero attached hydrogens (tertiary/aromatic N) is 5. The Hall–Kier alpha value is -2.17. The largest absolute Gasteiger partial charge is 0.386 e. The highest BCUT2D eigenvalue weighted by atomic mass is 31.2. The van der Waals surface area contributed by atoms with E-state index in [1.165, 1.54) is 43.0 Å². The summed E-state index contributed by atoms with van der Waals surface area (Å²) in [7, 11) is -1.66. The number of aromatic amines is 1. The van der Waals surface area contributed by atoms with Gasteiger partial charge in [0.25, 0.3) is 14.1 Å². The highest BCUT2D eigenvalue weighted by Crippen LogP contribution is 2.50. The van der Waals surface area contributed by atoms with Crippen molar-refractivity contribution >= 4 is 25.6 Å². The number of rotatable bonds is 19. The predicted molar refractivity (Wildman–Crippen MR) is 161 cm³/mol. The quantitative estimate of drug-likeness (QED) is 0.152. The summed E-state index contributed by atoms with van der Waals surface area (Å²) in [6.45, 7) is 11.4. The van der Waals surface area contributed by atoms with E-state index in [0.29, 0.717) is 6.61 Å². The zero-order valence-corrected chi connectivity index (χ0v) is 26.5. The molecule has 3 rings (SSSR count). The van der Waals surface area contributed by atoms with Gasteiger partial charge in [-0.3, -0.25) is 14.3 Å². The number of ether oxygens (including phenoxy) is 2. The average molecular weight is 610 g/mol. The molecular weight excluding hydrogens is 561 g/mol. The lowest BCUT2D eigenvalue weighted by Gasteiger charge is -2.37. The summed E-state index contributed by atoms with van der Waals surface area (Å²) in [6.07, 6.45) is 6.26. The molecule has 1 aliphatic heterocycles. The molecule has 2 aromatic rings. The summed E-state index contributed by atoms with van der Waals surface area (Å²) in [5.41, 5.74) is 5.60. The van der Waals surface area contributed by atoms with E-state index in [1.807, 2.05) is 27.7 Å². The smallest absolute Gasteiger partial charge is 0.280 e. The van der Waals surface area contributed by atoms with E-state index in [0.717, 1.165) is 12.8 Å². The third-order valence-corrected chi connectivity index (χ3v) is 9.21. The molecule has 14 heteroatoms. The lowest BCUT2D eigenvalue weighted by atomic mass is 10.1. The first kappa shape index (κ1) is 34.3. The van der Waals surface area contributed by atoms with E-state index in [-0.39, 0.29) is 48.8 Å². The molecular formula is C28H48N7O6P. The molecule has 42 heavy (non-hydrogen) atoms. The number of aromatic nitrogens is 4. The summed E-state index contributed by atoms with van der Waals surface area (Å²) in [4.78, 5) is 23.2. The van der Waals surface area contributed by atoms with E-state index in [4.69, 9.17) is 29.5 Å². The third kappa shape index (κ3) is 9.16. The first-order chi connectivity index (χ1) is 20.2. The van der Waals surface area contributed by atoms with E-state index in [9.17, 15) is 9.90 Å². The molecule has 1 saturated heterocycles. The average Bonchev–Trinajstić information content (AvgIpc) is 3.48. The Morgan fingerprint density at radius 3 is 2.55 bits per heavy atom. The normalized spacial score (nSPS) is 21.6. The molecule has 3 heterocycles. The zero-order valence-electron chi connectivity index (χ0n) is 25.6. The van der Waals surface area contributed by atoms with Crippen LogP contribution in [0.2, 0.25) is 0 Å². The molecule has 0 aliphatic carbocycles. The Balaban J connectivity index is 1.79. The Kier molecular flexibility index (Phi) is 14.1. The summed E-state index contributed by atoms with van der Waals surface area (Å²) in [5, 5.41) is 20.7. The van der Waals surface area contributed by atoms with Crippen molar-refractivity contribution < 1.29 is 23.6 Å². The van der Waals surface area contributed by atoms with Crippen molar-refractivity contribution in [1.29, 1.82) is 5.26 Å². The van der Waals surface area contributed by atoms with E-state index < -0.39 is 38.6 Å². The van der Waals surface area contributed by atoms with Gasteiger partial charge >= 0.3 is 0 Å². The van der Waals surface area contributed by atoms with Crippen molar-refractivity contribution in [2.75, 3.05) is 25.6 Å². The van der Waals surface area contributed by atoms with Gasteiger partial charge in [0, 0.05) is 18.7 Å². The first-order valence-electron chi connectivity index (χ1n) is 15.1. The summed E-state index contributed by atoms with van der Waals surface area (Å²) in [6, 6.07) is 2.26. The Bertz CT molecular complexity index is 1180. The number of anilines is 1. The SMILES string of the molecule is CCCCCCCCCOC[C@H]1O[C@@H](n2cnc3c(=O)[nH]c(N)nc32)[C@H](O)[C@@H]1OP(OCCC#N)N(C(C)C)C(C)C. The molecule has 0 aromatic carbocycles. The van der Waals surface area contributed by atoms with Gasteiger partial charge < -0.3 is 29.4 Å². The summed E-state index contributed by atoms with van der Waals surface area (Å²) >= 11 is 0. The van der Waals surface area contributed by atoms with Gasteiger partial charge in [-0.15, -0.1) is 0 Å². The number of H-pyrrole nitrogens is 1. The molecule has 4 N–H and O–H groups in total. The molecule has 0 radical (unpaired) electrons. The topological polar surface area (TPSA) is 174 Å². The number of aliphatic hydroxyl groups is 1. The number of nitriles is 1. The van der Waals surface area contributed by atoms with Gasteiger partial charge in [0.05, 0.1) is 32.0 Å². The maximum absolute atomic E-state index is 12.4. The first-order valence-corrected chi connectivity index (χ1v) is 16.2. The number of fused-ring (bicyclic) bond motifs is 1. The van der Waals surface area contributed by atoms with Crippen molar-refractivity contribution in [2.24, 2.45) is 0 Å². The number of nitrogen functional groups attached to an aromatic ring is 1. The molecule has 2 aromatic heterocycles. The van der Waals surface area contributed by atoms with Gasteiger partial charge in [0.15, 0.2) is 17.4 Å². The van der Waals surface area contributed by atoms with E-state index in [1.54, 1.807) is 0 Å². The van der Waals surface area contributed by atoms with Gasteiger partial charge in [-0.2, -0.15) is 10.2 Å². The number of nitrogens with one attached hydrogen (secondary N) is 1. The van der Waals surface area contributed by atoms with E-state index in [2.05, 4.69) is 32.6 Å². The van der Waals surface area contributed by atoms with E-state index >= 15 is 0 Å². The molecule has 236 valence electrons. The Morgan fingerprint density at radius 2 is 1.88 bits per heavy atom. The molecule has 1 fully saturated rings. The van der Waals surface area contributed by atoms with Crippen LogP contribution in [-0.2, 0) is 18.5 Å². The number of hydrogen-bond acceptors (Lipinski definition) is 11. The van der Waals surface area contributed by atoms with Crippen LogP contribution >= 0.6 is 8.53 Å². The summed E-state index contributed by atoms with van der Waals surface area (Å²) < 4.78 is 28.6.